The molecule has 1 N–H and O–H groups in total. The molecule has 2 rings (SSSR count). The number of nitrogens with zero attached hydrogens (tertiary/aromatic N) is 1. The van der Waals surface area contributed by atoms with E-state index >= 15 is 0 Å². The molecule has 0 fully saturated rings. The van der Waals surface area contributed by atoms with Crippen LogP contribution in [-0.2, 0) is 16.0 Å². The molecular weight excluding hydrogens is 302 g/mol. The molecule has 24 heavy (non-hydrogen) atoms. The van der Waals surface area contributed by atoms with Gasteiger partial charge in [0, 0.05) is 12.0 Å². The molecule has 1 aromatic carbocycles. The number of hydrogen-bond acceptors (Lipinski definition) is 4. The predicted octanol–water partition coefficient (Wildman–Crippen LogP) is 4.26. The number of hydrogen-bond donors (Lipinski definition) is 1. The van der Waals surface area contributed by atoms with Crippen LogP contribution >= 0.6 is 0 Å². The third-order valence-electron chi connectivity index (χ3n) is 4.45. The summed E-state index contributed by atoms with van der Waals surface area (Å²) < 4.78 is 5.59. The van der Waals surface area contributed by atoms with E-state index in [1.165, 1.54) is 0 Å². The van der Waals surface area contributed by atoms with Crippen molar-refractivity contribution in [3.05, 3.63) is 40.5 Å². The van der Waals surface area contributed by atoms with E-state index in [0.29, 0.717) is 6.42 Å². The fraction of sp³-hybridized carbons (Fsp3) is 0.500. The van der Waals surface area contributed by atoms with Crippen molar-refractivity contribution in [2.45, 2.75) is 59.0 Å². The molecule has 0 saturated carbocycles. The lowest BCUT2D eigenvalue weighted by atomic mass is 9.81. The summed E-state index contributed by atoms with van der Waals surface area (Å²) in [6.45, 7) is 7.96. The quantitative estimate of drug-likeness (QED) is 0.820. The smallest absolute Gasteiger partial charge is 0.334 e. The monoisotopic (exact) mass is 327 g/mol. The largest absolute Gasteiger partial charge is 0.507 e. The van der Waals surface area contributed by atoms with Crippen LogP contribution in [0.5, 0.6) is 5.75 Å². The molecule has 1 heterocycles. The Labute approximate surface area is 143 Å². The van der Waals surface area contributed by atoms with Crippen LogP contribution < -0.4 is 0 Å². The maximum Gasteiger partial charge on any atom is 0.334 e. The van der Waals surface area contributed by atoms with Crippen molar-refractivity contribution in [2.75, 3.05) is 0 Å². The Hall–Kier alpha value is -2.28. The van der Waals surface area contributed by atoms with Gasteiger partial charge in [0.25, 0.3) is 0 Å². The predicted molar refractivity (Wildman–Crippen MR) is 92.4 cm³/mol. The Kier molecular flexibility index (Phi) is 5.33. The van der Waals surface area contributed by atoms with Gasteiger partial charge in [-0.05, 0) is 57.2 Å². The van der Waals surface area contributed by atoms with Gasteiger partial charge in [-0.2, -0.15) is 5.26 Å². The summed E-state index contributed by atoms with van der Waals surface area (Å²) in [5.41, 5.74) is 2.60. The van der Waals surface area contributed by atoms with Gasteiger partial charge < -0.3 is 9.84 Å². The molecule has 1 atom stereocenters. The van der Waals surface area contributed by atoms with Crippen molar-refractivity contribution in [3.63, 3.8) is 0 Å². The summed E-state index contributed by atoms with van der Waals surface area (Å²) in [5.74, 6) is -0.172. The molecule has 128 valence electrons. The van der Waals surface area contributed by atoms with Crippen molar-refractivity contribution < 1.29 is 14.6 Å². The standard InChI is InChI=1S/C20H25NO3/c1-5-6-15(9-14-7-8-16(12-21)17(22)10-14)18-13(2)11-20(3,4)24-19(18)23/h7-8,10,15,22H,5-6,9,11H2,1-4H3. The highest BCUT2D eigenvalue weighted by Gasteiger charge is 2.35. The summed E-state index contributed by atoms with van der Waals surface area (Å²) in [4.78, 5) is 12.5. The fourth-order valence-electron chi connectivity index (χ4n) is 3.55. The van der Waals surface area contributed by atoms with Gasteiger partial charge in [0.15, 0.2) is 0 Å². The van der Waals surface area contributed by atoms with Crippen LogP contribution in [0.15, 0.2) is 29.3 Å². The van der Waals surface area contributed by atoms with Crippen LogP contribution in [0.3, 0.4) is 0 Å². The number of carbonyl (C=O) groups is 1. The van der Waals surface area contributed by atoms with Crippen molar-refractivity contribution in [2.24, 2.45) is 5.92 Å². The molecule has 0 spiro atoms. The Bertz CT molecular complexity index is 710. The molecule has 0 amide bonds. The summed E-state index contributed by atoms with van der Waals surface area (Å²) in [7, 11) is 0. The van der Waals surface area contributed by atoms with Crippen LogP contribution in [0, 0.1) is 17.2 Å². The molecule has 1 unspecified atom stereocenters. The average Bonchev–Trinajstić information content (AvgIpc) is 2.45. The maximum atomic E-state index is 12.5. The highest BCUT2D eigenvalue weighted by atomic mass is 16.6. The Morgan fingerprint density at radius 1 is 1.42 bits per heavy atom. The van der Waals surface area contributed by atoms with E-state index in [4.69, 9.17) is 10.00 Å². The minimum atomic E-state index is -0.450. The molecule has 0 aliphatic carbocycles. The Balaban J connectivity index is 2.31. The summed E-state index contributed by atoms with van der Waals surface area (Å²) >= 11 is 0. The van der Waals surface area contributed by atoms with Crippen LogP contribution in [-0.4, -0.2) is 16.7 Å². The first-order valence-electron chi connectivity index (χ1n) is 8.42. The number of rotatable bonds is 5. The van der Waals surface area contributed by atoms with Crippen molar-refractivity contribution in [1.82, 2.24) is 0 Å². The van der Waals surface area contributed by atoms with Crippen LogP contribution in [0.1, 0.15) is 58.1 Å². The van der Waals surface area contributed by atoms with Crippen molar-refractivity contribution in [3.8, 4) is 11.8 Å². The van der Waals surface area contributed by atoms with Gasteiger partial charge in [0.2, 0.25) is 0 Å². The Morgan fingerprint density at radius 3 is 2.67 bits per heavy atom. The van der Waals surface area contributed by atoms with E-state index in [0.717, 1.165) is 36.0 Å². The Morgan fingerprint density at radius 2 is 2.12 bits per heavy atom. The zero-order valence-corrected chi connectivity index (χ0v) is 14.8. The number of aromatic hydroxyl groups is 1. The first-order valence-corrected chi connectivity index (χ1v) is 8.42. The van der Waals surface area contributed by atoms with Crippen LogP contribution in [0.2, 0.25) is 0 Å². The average molecular weight is 327 g/mol. The third-order valence-corrected chi connectivity index (χ3v) is 4.45. The summed E-state index contributed by atoms with van der Waals surface area (Å²) in [6, 6.07) is 7.04. The molecular formula is C20H25NO3. The van der Waals surface area contributed by atoms with Crippen molar-refractivity contribution >= 4 is 5.97 Å². The van der Waals surface area contributed by atoms with Gasteiger partial charge in [-0.1, -0.05) is 25.0 Å². The van der Waals surface area contributed by atoms with Crippen LogP contribution in [0.25, 0.3) is 0 Å². The number of phenols is 1. The van der Waals surface area contributed by atoms with E-state index in [-0.39, 0.29) is 23.2 Å². The van der Waals surface area contributed by atoms with E-state index in [2.05, 4.69) is 6.92 Å². The molecule has 4 nitrogen and oxygen atoms in total. The zero-order valence-electron chi connectivity index (χ0n) is 14.8. The number of nitriles is 1. The number of ether oxygens (including phenoxy) is 1. The van der Waals surface area contributed by atoms with Gasteiger partial charge in [-0.25, -0.2) is 4.79 Å². The topological polar surface area (TPSA) is 70.3 Å². The summed E-state index contributed by atoms with van der Waals surface area (Å²) in [6.07, 6.45) is 3.23. The first kappa shape index (κ1) is 18.1. The fourth-order valence-corrected chi connectivity index (χ4v) is 3.55. The molecule has 1 aromatic rings. The number of carbonyl (C=O) groups excluding carboxylic acids is 1. The molecule has 0 radical (unpaired) electrons. The molecule has 4 heteroatoms. The van der Waals surface area contributed by atoms with E-state index in [9.17, 15) is 9.90 Å². The molecule has 1 aliphatic rings. The number of phenolic OH excluding ortho intramolecular Hbond substituents is 1. The van der Waals surface area contributed by atoms with E-state index in [1.54, 1.807) is 12.1 Å². The van der Waals surface area contributed by atoms with E-state index in [1.807, 2.05) is 32.9 Å². The summed E-state index contributed by atoms with van der Waals surface area (Å²) in [5, 5.41) is 18.8. The van der Waals surface area contributed by atoms with Gasteiger partial charge in [-0.3, -0.25) is 0 Å². The number of cyclic esters (lactones) is 1. The highest BCUT2D eigenvalue weighted by Crippen LogP contribution is 2.36. The lowest BCUT2D eigenvalue weighted by Crippen LogP contribution is -2.36. The number of benzene rings is 1. The second-order valence-corrected chi connectivity index (χ2v) is 7.17. The third kappa shape index (κ3) is 3.97. The van der Waals surface area contributed by atoms with Gasteiger partial charge in [0.1, 0.15) is 17.4 Å². The first-order chi connectivity index (χ1) is 11.3. The molecule has 0 aromatic heterocycles. The minimum absolute atomic E-state index is 0.0108. The molecule has 0 bridgehead atoms. The van der Waals surface area contributed by atoms with Gasteiger partial charge in [0.05, 0.1) is 5.56 Å². The normalized spacial score (nSPS) is 18.0. The van der Waals surface area contributed by atoms with Crippen molar-refractivity contribution in [1.29, 1.82) is 5.26 Å². The molecule has 1 aliphatic heterocycles. The van der Waals surface area contributed by atoms with Crippen LogP contribution in [0.4, 0.5) is 0 Å². The van der Waals surface area contributed by atoms with Gasteiger partial charge in [-0.15, -0.1) is 0 Å². The zero-order chi connectivity index (χ0) is 17.9. The van der Waals surface area contributed by atoms with E-state index < -0.39 is 5.60 Å². The lowest BCUT2D eigenvalue weighted by molar-refractivity contribution is -0.154. The van der Waals surface area contributed by atoms with Gasteiger partial charge >= 0.3 is 5.97 Å². The minimum Gasteiger partial charge on any atom is -0.507 e. The maximum absolute atomic E-state index is 12.5. The highest BCUT2D eigenvalue weighted by molar-refractivity contribution is 5.91. The second kappa shape index (κ2) is 7.09. The molecule has 0 saturated heterocycles. The number of esters is 1. The SMILES string of the molecule is CCCC(Cc1ccc(C#N)c(O)c1)C1=C(C)CC(C)(C)OC1=O. The lowest BCUT2D eigenvalue weighted by Gasteiger charge is -2.34. The second-order valence-electron chi connectivity index (χ2n) is 7.17.